The number of fused-ring (bicyclic) bond motifs is 1. The van der Waals surface area contributed by atoms with Gasteiger partial charge < -0.3 is 19.7 Å². The molecule has 0 unspecified atom stereocenters. The third kappa shape index (κ3) is 4.37. The van der Waals surface area contributed by atoms with Crippen molar-refractivity contribution in [2.45, 2.75) is 19.4 Å². The van der Waals surface area contributed by atoms with Crippen molar-refractivity contribution >= 4 is 17.3 Å². The molecule has 2 aromatic carbocycles. The van der Waals surface area contributed by atoms with E-state index in [1.807, 2.05) is 18.2 Å². The first kappa shape index (κ1) is 20.3. The van der Waals surface area contributed by atoms with Crippen LogP contribution in [0.25, 0.3) is 0 Å². The van der Waals surface area contributed by atoms with Crippen LogP contribution in [0.2, 0.25) is 0 Å². The van der Waals surface area contributed by atoms with Gasteiger partial charge in [-0.1, -0.05) is 28.5 Å². The highest BCUT2D eigenvalue weighted by Crippen LogP contribution is 2.27. The number of oxime groups is 2. The molecule has 152 valence electrons. The van der Waals surface area contributed by atoms with E-state index in [1.54, 1.807) is 13.2 Å². The molecule has 0 saturated carbocycles. The summed E-state index contributed by atoms with van der Waals surface area (Å²) in [6, 6.07) is 10.3. The number of amides is 1. The molecule has 1 N–H and O–H groups in total. The summed E-state index contributed by atoms with van der Waals surface area (Å²) in [5.74, 6) is -0.424. The van der Waals surface area contributed by atoms with Crippen LogP contribution >= 0.6 is 0 Å². The third-order valence-corrected chi connectivity index (χ3v) is 4.62. The maximum atomic E-state index is 14.5. The first-order valence-corrected chi connectivity index (χ1v) is 9.06. The van der Waals surface area contributed by atoms with E-state index in [0.717, 1.165) is 29.9 Å². The van der Waals surface area contributed by atoms with Gasteiger partial charge >= 0.3 is 0 Å². The van der Waals surface area contributed by atoms with Gasteiger partial charge in [-0.3, -0.25) is 4.79 Å². The molecule has 2 aromatic rings. The standard InChI is InChI=1S/C21H22FN3O4/c1-23-21(26)20(25-28-3)19-14(5-4-6-17(19)22)12-29-24-18-10-8-13-7-9-15(27-2)11-16(13)18/h4-7,9,11H,8,10,12H2,1-3H3,(H,23,26)/b24-18+,25-20+. The molecule has 0 aromatic heterocycles. The van der Waals surface area contributed by atoms with Crippen molar-refractivity contribution < 1.29 is 23.6 Å². The maximum Gasteiger partial charge on any atom is 0.273 e. The lowest BCUT2D eigenvalue weighted by Crippen LogP contribution is -2.30. The summed E-state index contributed by atoms with van der Waals surface area (Å²) in [7, 11) is 4.33. The molecule has 3 rings (SSSR count). The maximum absolute atomic E-state index is 14.5. The van der Waals surface area contributed by atoms with Gasteiger partial charge in [0.25, 0.3) is 5.91 Å². The van der Waals surface area contributed by atoms with Crippen LogP contribution in [0.5, 0.6) is 5.75 Å². The van der Waals surface area contributed by atoms with Crippen LogP contribution < -0.4 is 10.1 Å². The van der Waals surface area contributed by atoms with E-state index >= 15 is 0 Å². The first-order chi connectivity index (χ1) is 14.1. The number of carbonyl (C=O) groups excluding carboxylic acids is 1. The SMILES string of the molecule is CNC(=O)/C(=N/OC)c1c(F)cccc1CO/N=C1\CCc2ccc(OC)cc21. The number of nitrogens with one attached hydrogen (secondary N) is 1. The number of hydrogen-bond acceptors (Lipinski definition) is 6. The summed E-state index contributed by atoms with van der Waals surface area (Å²) in [6.07, 6.45) is 1.61. The highest BCUT2D eigenvalue weighted by Gasteiger charge is 2.23. The Labute approximate surface area is 168 Å². The Hall–Kier alpha value is -3.42. The smallest absolute Gasteiger partial charge is 0.273 e. The molecule has 0 saturated heterocycles. The zero-order chi connectivity index (χ0) is 20.8. The molecule has 1 aliphatic rings. The van der Waals surface area contributed by atoms with Gasteiger partial charge in [0.1, 0.15) is 25.3 Å². The minimum atomic E-state index is -0.603. The zero-order valence-electron chi connectivity index (χ0n) is 16.5. The molecule has 8 heteroatoms. The van der Waals surface area contributed by atoms with E-state index in [-0.39, 0.29) is 17.9 Å². The Bertz CT molecular complexity index is 972. The van der Waals surface area contributed by atoms with Gasteiger partial charge in [0.15, 0.2) is 5.71 Å². The summed E-state index contributed by atoms with van der Waals surface area (Å²) < 4.78 is 19.8. The average Bonchev–Trinajstić information content (AvgIpc) is 3.14. The van der Waals surface area contributed by atoms with Crippen molar-refractivity contribution in [2.24, 2.45) is 10.3 Å². The molecular formula is C21H22FN3O4. The van der Waals surface area contributed by atoms with Crippen LogP contribution in [-0.4, -0.2) is 38.6 Å². The van der Waals surface area contributed by atoms with E-state index in [2.05, 4.69) is 15.6 Å². The fourth-order valence-electron chi connectivity index (χ4n) is 3.20. The normalized spacial score (nSPS) is 14.5. The predicted octanol–water partition coefficient (Wildman–Crippen LogP) is 2.80. The van der Waals surface area contributed by atoms with Crippen molar-refractivity contribution in [3.63, 3.8) is 0 Å². The third-order valence-electron chi connectivity index (χ3n) is 4.62. The molecule has 0 aliphatic heterocycles. The van der Waals surface area contributed by atoms with Crippen molar-refractivity contribution in [1.29, 1.82) is 0 Å². The van der Waals surface area contributed by atoms with Gasteiger partial charge in [-0.25, -0.2) is 4.39 Å². The molecule has 1 amide bonds. The number of carbonyl (C=O) groups is 1. The van der Waals surface area contributed by atoms with Crippen molar-refractivity contribution in [2.75, 3.05) is 21.3 Å². The fraction of sp³-hybridized carbons (Fsp3) is 0.286. The summed E-state index contributed by atoms with van der Waals surface area (Å²) in [5.41, 5.74) is 3.23. The number of likely N-dealkylation sites (N-methyl/N-ethyl adjacent to an activating group) is 1. The molecule has 0 spiro atoms. The highest BCUT2D eigenvalue weighted by atomic mass is 19.1. The van der Waals surface area contributed by atoms with E-state index in [1.165, 1.54) is 31.9 Å². The predicted molar refractivity (Wildman–Crippen MR) is 107 cm³/mol. The average molecular weight is 399 g/mol. The Kier molecular flexibility index (Phi) is 6.43. The number of methoxy groups -OCH3 is 1. The lowest BCUT2D eigenvalue weighted by molar-refractivity contribution is -0.114. The first-order valence-electron chi connectivity index (χ1n) is 9.06. The lowest BCUT2D eigenvalue weighted by Gasteiger charge is -2.11. The monoisotopic (exact) mass is 399 g/mol. The number of aryl methyl sites for hydroxylation is 1. The molecule has 0 atom stereocenters. The second kappa shape index (κ2) is 9.18. The molecule has 0 bridgehead atoms. The van der Waals surface area contributed by atoms with E-state index in [4.69, 9.17) is 14.4 Å². The van der Waals surface area contributed by atoms with Crippen LogP contribution in [0.15, 0.2) is 46.7 Å². The van der Waals surface area contributed by atoms with Crippen molar-refractivity contribution in [3.8, 4) is 5.75 Å². The van der Waals surface area contributed by atoms with E-state index < -0.39 is 11.7 Å². The van der Waals surface area contributed by atoms with Gasteiger partial charge in [-0.05, 0) is 36.6 Å². The molecule has 29 heavy (non-hydrogen) atoms. The van der Waals surface area contributed by atoms with Crippen molar-refractivity contribution in [1.82, 2.24) is 5.32 Å². The van der Waals surface area contributed by atoms with E-state index in [0.29, 0.717) is 5.56 Å². The summed E-state index contributed by atoms with van der Waals surface area (Å²) in [6.45, 7) is -0.0321. The summed E-state index contributed by atoms with van der Waals surface area (Å²) in [5, 5.41) is 10.4. The number of nitrogens with zero attached hydrogens (tertiary/aromatic N) is 2. The summed E-state index contributed by atoms with van der Waals surface area (Å²) in [4.78, 5) is 22.4. The second-order valence-electron chi connectivity index (χ2n) is 6.31. The topological polar surface area (TPSA) is 81.5 Å². The number of halogens is 1. The van der Waals surface area contributed by atoms with Gasteiger partial charge in [0.2, 0.25) is 0 Å². The molecule has 7 nitrogen and oxygen atoms in total. The van der Waals surface area contributed by atoms with Crippen molar-refractivity contribution in [3.05, 3.63) is 64.5 Å². The largest absolute Gasteiger partial charge is 0.497 e. The van der Waals surface area contributed by atoms with Crippen LogP contribution in [0, 0.1) is 5.82 Å². The highest BCUT2D eigenvalue weighted by molar-refractivity contribution is 6.45. The van der Waals surface area contributed by atoms with Crippen LogP contribution in [0.4, 0.5) is 4.39 Å². The molecule has 0 heterocycles. The fourth-order valence-corrected chi connectivity index (χ4v) is 3.20. The van der Waals surface area contributed by atoms with Crippen LogP contribution in [0.1, 0.15) is 28.7 Å². The minimum Gasteiger partial charge on any atom is -0.497 e. The van der Waals surface area contributed by atoms with E-state index in [9.17, 15) is 9.18 Å². The molecular weight excluding hydrogens is 377 g/mol. The van der Waals surface area contributed by atoms with Gasteiger partial charge in [-0.15, -0.1) is 0 Å². The van der Waals surface area contributed by atoms with Gasteiger partial charge in [0.05, 0.1) is 18.4 Å². The molecule has 0 radical (unpaired) electrons. The quantitative estimate of drug-likeness (QED) is 0.573. The lowest BCUT2D eigenvalue weighted by atomic mass is 10.0. The van der Waals surface area contributed by atoms with Gasteiger partial charge in [0, 0.05) is 18.2 Å². The Balaban J connectivity index is 1.85. The Morgan fingerprint density at radius 1 is 1.21 bits per heavy atom. The number of ether oxygens (including phenoxy) is 1. The van der Waals surface area contributed by atoms with Crippen LogP contribution in [0.3, 0.4) is 0 Å². The second-order valence-corrected chi connectivity index (χ2v) is 6.31. The molecule has 1 aliphatic carbocycles. The van der Waals surface area contributed by atoms with Crippen LogP contribution in [-0.2, 0) is 27.5 Å². The number of hydrogen-bond donors (Lipinski definition) is 1. The minimum absolute atomic E-state index is 0.0161. The summed E-state index contributed by atoms with van der Waals surface area (Å²) >= 11 is 0. The number of rotatable bonds is 7. The Morgan fingerprint density at radius 2 is 2.03 bits per heavy atom. The van der Waals surface area contributed by atoms with Gasteiger partial charge in [-0.2, -0.15) is 0 Å². The molecule has 0 fully saturated rings. The zero-order valence-corrected chi connectivity index (χ0v) is 16.5. The number of benzene rings is 2. The Morgan fingerprint density at radius 3 is 2.76 bits per heavy atom.